The van der Waals surface area contributed by atoms with E-state index in [4.69, 9.17) is 4.52 Å². The zero-order chi connectivity index (χ0) is 28.7. The first-order valence-electron chi connectivity index (χ1n) is 14.1. The maximum atomic E-state index is 14.3. The van der Waals surface area contributed by atoms with Gasteiger partial charge in [-0.1, -0.05) is 24.6 Å². The molecule has 2 aromatic heterocycles. The van der Waals surface area contributed by atoms with E-state index in [1.807, 2.05) is 18.2 Å². The summed E-state index contributed by atoms with van der Waals surface area (Å²) >= 11 is 0. The third kappa shape index (κ3) is 5.47. The number of likely N-dealkylation sites (tertiary alicyclic amines) is 1. The largest absolute Gasteiger partial charge is 0.355 e. The summed E-state index contributed by atoms with van der Waals surface area (Å²) in [6.07, 6.45) is 7.25. The molecule has 3 aromatic rings. The van der Waals surface area contributed by atoms with Crippen LogP contribution in [-0.4, -0.2) is 52.0 Å². The number of nitrogens with zero attached hydrogens (tertiary/aromatic N) is 3. The van der Waals surface area contributed by atoms with Crippen LogP contribution in [0.2, 0.25) is 0 Å². The lowest BCUT2D eigenvalue weighted by Crippen LogP contribution is -2.58. The van der Waals surface area contributed by atoms with Crippen molar-refractivity contribution < 1.29 is 27.3 Å². The Bertz CT molecular complexity index is 1420. The van der Waals surface area contributed by atoms with Gasteiger partial charge in [0.05, 0.1) is 22.7 Å². The molecule has 8 nitrogen and oxygen atoms in total. The molecular weight excluding hydrogens is 535 g/mol. The molecule has 1 aliphatic heterocycles. The van der Waals surface area contributed by atoms with Crippen LogP contribution in [0.5, 0.6) is 0 Å². The topological polar surface area (TPSA) is 100 Å². The van der Waals surface area contributed by atoms with Crippen LogP contribution >= 0.6 is 0 Å². The molecule has 0 unspecified atom stereocenters. The van der Waals surface area contributed by atoms with Crippen molar-refractivity contribution in [1.82, 2.24) is 25.7 Å². The molecule has 11 heteroatoms. The number of rotatable bonds is 7. The molecule has 41 heavy (non-hydrogen) atoms. The van der Waals surface area contributed by atoms with Gasteiger partial charge in [0.2, 0.25) is 5.91 Å². The lowest BCUT2D eigenvalue weighted by atomic mass is 9.88. The fourth-order valence-corrected chi connectivity index (χ4v) is 6.45. The third-order valence-electron chi connectivity index (χ3n) is 8.85. The van der Waals surface area contributed by atoms with Crippen LogP contribution in [0.1, 0.15) is 61.6 Å². The van der Waals surface area contributed by atoms with Crippen molar-refractivity contribution >= 4 is 11.8 Å². The molecule has 2 N–H and O–H groups in total. The number of pyridine rings is 1. The molecule has 2 amide bonds. The van der Waals surface area contributed by atoms with Crippen LogP contribution in [-0.2, 0) is 10.3 Å². The number of carbonyl (C=O) groups is 2. The highest BCUT2D eigenvalue weighted by Crippen LogP contribution is 2.45. The number of carbonyl (C=O) groups excluding carboxylic acids is 2. The number of halogens is 3. The molecule has 0 radical (unpaired) electrons. The van der Waals surface area contributed by atoms with Crippen molar-refractivity contribution in [3.8, 4) is 11.3 Å². The average Bonchev–Trinajstić information content (AvgIpc) is 3.33. The highest BCUT2D eigenvalue weighted by molar-refractivity contribution is 5.94. The van der Waals surface area contributed by atoms with E-state index < -0.39 is 46.4 Å². The number of hydrogen-bond acceptors (Lipinski definition) is 6. The van der Waals surface area contributed by atoms with Crippen LogP contribution in [0.3, 0.4) is 0 Å². The number of nitrogens with one attached hydrogen (secondary N) is 2. The first kappa shape index (κ1) is 27.4. The molecule has 3 fully saturated rings. The Balaban J connectivity index is 1.21. The fourth-order valence-electron chi connectivity index (χ4n) is 6.45. The molecule has 2 saturated carbocycles. The summed E-state index contributed by atoms with van der Waals surface area (Å²) in [4.78, 5) is 33.9. The van der Waals surface area contributed by atoms with Crippen LogP contribution < -0.4 is 10.6 Å². The Morgan fingerprint density at radius 2 is 1.85 bits per heavy atom. The second-order valence-electron chi connectivity index (χ2n) is 11.6. The van der Waals surface area contributed by atoms with Gasteiger partial charge >= 0.3 is 0 Å². The standard InChI is InChI=1S/C30H32F3N5O3/c1-17-5-4-6-24(17)38-12-8-22(19(16-38)28(39)36-30(9-10-30)26-7-2-3-11-34-26)35-29(40)23-15-25(41-37-23)27-20(32)13-18(31)14-21(27)33/h2-3,7,11,13-15,17,19,22,24H,4-6,8-10,12,16H2,1H3,(H,35,40)(H,36,39)/t17-,19+,22+,24+/m1/s1. The smallest absolute Gasteiger partial charge is 0.273 e. The average molecular weight is 568 g/mol. The Morgan fingerprint density at radius 1 is 1.07 bits per heavy atom. The normalized spacial score (nSPS) is 25.6. The number of benzene rings is 1. The van der Waals surface area contributed by atoms with Crippen LogP contribution in [0.25, 0.3) is 11.3 Å². The van der Waals surface area contributed by atoms with E-state index in [9.17, 15) is 22.8 Å². The molecule has 6 rings (SSSR count). The highest BCUT2D eigenvalue weighted by Gasteiger charge is 2.49. The quantitative estimate of drug-likeness (QED) is 0.434. The molecule has 1 aromatic carbocycles. The Hall–Kier alpha value is -3.73. The zero-order valence-corrected chi connectivity index (χ0v) is 22.7. The van der Waals surface area contributed by atoms with Gasteiger partial charge in [-0.15, -0.1) is 0 Å². The van der Waals surface area contributed by atoms with Gasteiger partial charge in [0.25, 0.3) is 5.91 Å². The van der Waals surface area contributed by atoms with E-state index in [-0.39, 0.29) is 17.4 Å². The van der Waals surface area contributed by atoms with Crippen molar-refractivity contribution in [3.63, 3.8) is 0 Å². The molecule has 216 valence electrons. The predicted octanol–water partition coefficient (Wildman–Crippen LogP) is 4.57. The predicted molar refractivity (Wildman–Crippen MR) is 143 cm³/mol. The summed E-state index contributed by atoms with van der Waals surface area (Å²) in [5, 5.41) is 9.86. The maximum absolute atomic E-state index is 14.3. The number of aromatic nitrogens is 2. The highest BCUT2D eigenvalue weighted by atomic mass is 19.1. The van der Waals surface area contributed by atoms with E-state index in [2.05, 4.69) is 32.6 Å². The van der Waals surface area contributed by atoms with E-state index in [0.29, 0.717) is 37.1 Å². The Labute approximate surface area is 235 Å². The summed E-state index contributed by atoms with van der Waals surface area (Å²) in [6.45, 7) is 3.47. The van der Waals surface area contributed by atoms with Crippen molar-refractivity contribution in [2.75, 3.05) is 13.1 Å². The minimum atomic E-state index is -1.17. The summed E-state index contributed by atoms with van der Waals surface area (Å²) in [5.74, 6) is -4.51. The van der Waals surface area contributed by atoms with Gasteiger partial charge in [0.1, 0.15) is 17.5 Å². The summed E-state index contributed by atoms with van der Waals surface area (Å²) in [7, 11) is 0. The van der Waals surface area contributed by atoms with Gasteiger partial charge in [0.15, 0.2) is 11.5 Å². The molecule has 0 bridgehead atoms. The van der Waals surface area contributed by atoms with Gasteiger partial charge < -0.3 is 15.2 Å². The number of amides is 2. The molecular formula is C30H32F3N5O3. The van der Waals surface area contributed by atoms with Gasteiger partial charge in [-0.25, -0.2) is 13.2 Å². The number of piperidine rings is 1. The van der Waals surface area contributed by atoms with Gasteiger partial charge in [-0.2, -0.15) is 0 Å². The van der Waals surface area contributed by atoms with Crippen molar-refractivity contribution in [3.05, 3.63) is 71.4 Å². The zero-order valence-electron chi connectivity index (χ0n) is 22.7. The lowest BCUT2D eigenvalue weighted by Gasteiger charge is -2.42. The molecule has 4 atom stereocenters. The van der Waals surface area contributed by atoms with Crippen LogP contribution in [0.4, 0.5) is 13.2 Å². The second-order valence-corrected chi connectivity index (χ2v) is 11.6. The van der Waals surface area contributed by atoms with Crippen molar-refractivity contribution in [2.24, 2.45) is 11.8 Å². The number of hydrogen-bond donors (Lipinski definition) is 2. The van der Waals surface area contributed by atoms with E-state index in [1.165, 1.54) is 0 Å². The van der Waals surface area contributed by atoms with Gasteiger partial charge in [0, 0.05) is 49.6 Å². The monoisotopic (exact) mass is 567 g/mol. The minimum Gasteiger partial charge on any atom is -0.355 e. The van der Waals surface area contributed by atoms with E-state index in [0.717, 1.165) is 50.4 Å². The molecule has 1 saturated heterocycles. The SMILES string of the molecule is C[C@@H]1CCC[C@@H]1N1CC[C@H](NC(=O)c2cc(-c3c(F)cc(F)cc3F)on2)[C@@H](C(=O)NC2(c3ccccn3)CC2)C1. The Kier molecular flexibility index (Phi) is 7.31. The minimum absolute atomic E-state index is 0.148. The van der Waals surface area contributed by atoms with Gasteiger partial charge in [-0.3, -0.25) is 19.5 Å². The van der Waals surface area contributed by atoms with Crippen LogP contribution in [0, 0.1) is 29.3 Å². The lowest BCUT2D eigenvalue weighted by molar-refractivity contribution is -0.129. The first-order valence-corrected chi connectivity index (χ1v) is 14.1. The summed E-state index contributed by atoms with van der Waals surface area (Å²) in [6, 6.07) is 7.72. The first-order chi connectivity index (χ1) is 19.7. The Morgan fingerprint density at radius 3 is 2.51 bits per heavy atom. The molecule has 3 aliphatic rings. The molecule has 3 heterocycles. The second kappa shape index (κ2) is 10.9. The maximum Gasteiger partial charge on any atom is 0.273 e. The fraction of sp³-hybridized carbons (Fsp3) is 0.467. The van der Waals surface area contributed by atoms with Crippen molar-refractivity contribution in [2.45, 2.75) is 63.1 Å². The van der Waals surface area contributed by atoms with Gasteiger partial charge in [-0.05, 0) is 50.2 Å². The summed E-state index contributed by atoms with van der Waals surface area (Å²) in [5.41, 5.74) is -0.485. The van der Waals surface area contributed by atoms with Crippen molar-refractivity contribution in [1.29, 1.82) is 0 Å². The molecule has 2 aliphatic carbocycles. The molecule has 0 spiro atoms. The van der Waals surface area contributed by atoms with E-state index in [1.54, 1.807) is 6.20 Å². The van der Waals surface area contributed by atoms with Crippen LogP contribution in [0.15, 0.2) is 47.1 Å². The third-order valence-corrected chi connectivity index (χ3v) is 8.85. The summed E-state index contributed by atoms with van der Waals surface area (Å²) < 4.78 is 46.9. The van der Waals surface area contributed by atoms with E-state index >= 15 is 0 Å².